The van der Waals surface area contributed by atoms with Crippen molar-refractivity contribution in [3.05, 3.63) is 0 Å². The normalized spacial score (nSPS) is 24.3. The van der Waals surface area contributed by atoms with Crippen molar-refractivity contribution >= 4 is 15.8 Å². The molecule has 0 amide bonds. The summed E-state index contributed by atoms with van der Waals surface area (Å²) in [7, 11) is -0.697. The summed E-state index contributed by atoms with van der Waals surface area (Å²) in [5, 5.41) is 0. The minimum absolute atomic E-state index is 0.172. The van der Waals surface area contributed by atoms with Crippen molar-refractivity contribution in [1.29, 1.82) is 0 Å². The molecule has 1 aliphatic rings. The molecular weight excluding hydrogens is 196 g/mol. The van der Waals surface area contributed by atoms with Gasteiger partial charge >= 0.3 is 0 Å². The lowest BCUT2D eigenvalue weighted by molar-refractivity contribution is -0.123. The summed E-state index contributed by atoms with van der Waals surface area (Å²) in [6, 6.07) is 0. The van der Waals surface area contributed by atoms with Gasteiger partial charge in [0.25, 0.3) is 0 Å². The van der Waals surface area contributed by atoms with Gasteiger partial charge in [0.05, 0.1) is 13.2 Å². The van der Waals surface area contributed by atoms with Crippen LogP contribution in [0, 0.1) is 5.41 Å². The van der Waals surface area contributed by atoms with Crippen LogP contribution in [0.3, 0.4) is 0 Å². The van der Waals surface area contributed by atoms with Gasteiger partial charge in [-0.15, -0.1) is 0 Å². The first-order valence-electron chi connectivity index (χ1n) is 5.16. The first-order valence-corrected chi connectivity index (χ1v) is 7.71. The Kier molecular flexibility index (Phi) is 3.64. The number of ether oxygens (including phenoxy) is 1. The summed E-state index contributed by atoms with van der Waals surface area (Å²) in [5.41, 5.74) is -0.172. The molecule has 84 valence electrons. The molecule has 0 aromatic carbocycles. The molecule has 0 atom stereocenters. The Bertz CT molecular complexity index is 212. The molecule has 2 nitrogen and oxygen atoms in total. The largest absolute Gasteiger partial charge is 0.380 e. The maximum absolute atomic E-state index is 11.9. The molecule has 1 saturated heterocycles. The highest BCUT2D eigenvalue weighted by Crippen LogP contribution is 2.46. The average Bonchev–Trinajstić information content (AvgIpc) is 2.02. The number of rotatable bonds is 2. The molecule has 0 spiro atoms. The van der Waals surface area contributed by atoms with E-state index < -0.39 is 10.0 Å². The van der Waals surface area contributed by atoms with E-state index in [0.29, 0.717) is 5.78 Å². The molecule has 0 aliphatic carbocycles. The Morgan fingerprint density at radius 1 is 1.29 bits per heavy atom. The van der Waals surface area contributed by atoms with E-state index in [0.717, 1.165) is 30.5 Å². The first kappa shape index (κ1) is 12.1. The second kappa shape index (κ2) is 4.23. The van der Waals surface area contributed by atoms with Gasteiger partial charge < -0.3 is 4.74 Å². The zero-order chi connectivity index (χ0) is 10.8. The highest BCUT2D eigenvalue weighted by molar-refractivity contribution is 8.33. The van der Waals surface area contributed by atoms with Crippen LogP contribution < -0.4 is 0 Å². The number of carbonyl (C=O) groups excluding carboxylic acids is 1. The van der Waals surface area contributed by atoms with E-state index in [1.165, 1.54) is 0 Å². The molecule has 1 aliphatic heterocycles. The maximum atomic E-state index is 11.9. The molecule has 0 saturated carbocycles. The van der Waals surface area contributed by atoms with Crippen molar-refractivity contribution in [2.24, 2.45) is 5.41 Å². The fourth-order valence-electron chi connectivity index (χ4n) is 1.40. The fourth-order valence-corrected chi connectivity index (χ4v) is 4.00. The van der Waals surface area contributed by atoms with Gasteiger partial charge in [0.15, 0.2) is 0 Å². The van der Waals surface area contributed by atoms with Gasteiger partial charge in [-0.2, -0.15) is 0 Å². The quantitative estimate of drug-likeness (QED) is 0.709. The second-order valence-electron chi connectivity index (χ2n) is 5.32. The molecule has 0 N–H and O–H groups in total. The summed E-state index contributed by atoms with van der Waals surface area (Å²) in [4.78, 5) is 11.9. The molecule has 0 bridgehead atoms. The predicted octanol–water partition coefficient (Wildman–Crippen LogP) is 2.07. The average molecular weight is 218 g/mol. The Labute approximate surface area is 88.7 Å². The van der Waals surface area contributed by atoms with Crippen LogP contribution in [0.2, 0.25) is 0 Å². The lowest BCUT2D eigenvalue weighted by Gasteiger charge is -2.40. The number of Topliss-reactive ketones (excluding diaryl/α,β-unsaturated/α-hetero) is 1. The smallest absolute Gasteiger partial charge is 0.146 e. The SMILES string of the molecule is CC(C)(C)C(=O)CS1(C)CCOCC1. The third-order valence-electron chi connectivity index (χ3n) is 2.76. The number of ketones is 1. The lowest BCUT2D eigenvalue weighted by Crippen LogP contribution is -2.32. The highest BCUT2D eigenvalue weighted by Gasteiger charge is 2.30. The zero-order valence-corrected chi connectivity index (χ0v) is 10.6. The van der Waals surface area contributed by atoms with E-state index >= 15 is 0 Å². The van der Waals surface area contributed by atoms with Gasteiger partial charge in [-0.05, 0) is 6.26 Å². The molecule has 0 unspecified atom stereocenters. The Morgan fingerprint density at radius 3 is 2.21 bits per heavy atom. The molecule has 0 aromatic rings. The van der Waals surface area contributed by atoms with Crippen LogP contribution in [0.25, 0.3) is 0 Å². The molecular formula is C11H22O2S. The van der Waals surface area contributed by atoms with Crippen molar-refractivity contribution in [3.8, 4) is 0 Å². The van der Waals surface area contributed by atoms with E-state index in [1.54, 1.807) is 0 Å². The third-order valence-corrected chi connectivity index (χ3v) is 6.02. The van der Waals surface area contributed by atoms with Crippen LogP contribution >= 0.6 is 10.0 Å². The predicted molar refractivity (Wildman–Crippen MR) is 63.4 cm³/mol. The van der Waals surface area contributed by atoms with Crippen molar-refractivity contribution in [3.63, 3.8) is 0 Å². The standard InChI is InChI=1S/C11H22O2S/c1-11(2,3)10(12)9-14(4)7-5-13-6-8-14/h5-9H2,1-4H3. The van der Waals surface area contributed by atoms with Crippen LogP contribution in [0.15, 0.2) is 0 Å². The topological polar surface area (TPSA) is 26.3 Å². The zero-order valence-electron chi connectivity index (χ0n) is 9.76. The van der Waals surface area contributed by atoms with Crippen molar-refractivity contribution in [2.75, 3.05) is 36.7 Å². The summed E-state index contributed by atoms with van der Waals surface area (Å²) in [5.74, 6) is 3.42. The molecule has 14 heavy (non-hydrogen) atoms. The van der Waals surface area contributed by atoms with Crippen LogP contribution in [-0.4, -0.2) is 42.5 Å². The van der Waals surface area contributed by atoms with Gasteiger partial charge in [-0.25, -0.2) is 10.0 Å². The molecule has 3 heteroatoms. The summed E-state index contributed by atoms with van der Waals surface area (Å²) in [6.45, 7) is 7.74. The minimum Gasteiger partial charge on any atom is -0.380 e. The summed E-state index contributed by atoms with van der Waals surface area (Å²) in [6.07, 6.45) is 2.29. The number of hydrogen-bond donors (Lipinski definition) is 0. The maximum Gasteiger partial charge on any atom is 0.146 e. The molecule has 0 radical (unpaired) electrons. The van der Waals surface area contributed by atoms with Crippen LogP contribution in [0.1, 0.15) is 20.8 Å². The minimum atomic E-state index is -0.697. The second-order valence-corrected chi connectivity index (χ2v) is 9.38. The molecule has 0 aromatic heterocycles. The van der Waals surface area contributed by atoms with Gasteiger partial charge in [0, 0.05) is 22.7 Å². The lowest BCUT2D eigenvalue weighted by atomic mass is 9.92. The van der Waals surface area contributed by atoms with Crippen molar-refractivity contribution in [1.82, 2.24) is 0 Å². The Hall–Kier alpha value is -0.0200. The first-order chi connectivity index (χ1) is 6.33. The summed E-state index contributed by atoms with van der Waals surface area (Å²) >= 11 is 0. The van der Waals surface area contributed by atoms with Crippen LogP contribution in [-0.2, 0) is 9.53 Å². The number of carbonyl (C=O) groups is 1. The van der Waals surface area contributed by atoms with Crippen LogP contribution in [0.5, 0.6) is 0 Å². The van der Waals surface area contributed by atoms with E-state index in [2.05, 4.69) is 6.26 Å². The van der Waals surface area contributed by atoms with E-state index in [4.69, 9.17) is 4.74 Å². The van der Waals surface area contributed by atoms with Gasteiger partial charge in [0.2, 0.25) is 0 Å². The highest BCUT2D eigenvalue weighted by atomic mass is 32.3. The molecule has 1 rings (SSSR count). The molecule has 1 fully saturated rings. The molecule has 1 heterocycles. The third kappa shape index (κ3) is 3.28. The van der Waals surface area contributed by atoms with Gasteiger partial charge in [0.1, 0.15) is 5.78 Å². The summed E-state index contributed by atoms with van der Waals surface area (Å²) < 4.78 is 5.34. The van der Waals surface area contributed by atoms with E-state index in [-0.39, 0.29) is 5.41 Å². The van der Waals surface area contributed by atoms with Crippen molar-refractivity contribution < 1.29 is 9.53 Å². The van der Waals surface area contributed by atoms with E-state index in [9.17, 15) is 4.79 Å². The Balaban J connectivity index is 2.54. The fraction of sp³-hybridized carbons (Fsp3) is 0.909. The van der Waals surface area contributed by atoms with E-state index in [1.807, 2.05) is 20.8 Å². The van der Waals surface area contributed by atoms with Gasteiger partial charge in [-0.1, -0.05) is 20.8 Å². The van der Waals surface area contributed by atoms with Crippen molar-refractivity contribution in [2.45, 2.75) is 20.8 Å². The monoisotopic (exact) mass is 218 g/mol. The number of hydrogen-bond acceptors (Lipinski definition) is 2. The Morgan fingerprint density at radius 2 is 1.79 bits per heavy atom. The van der Waals surface area contributed by atoms with Crippen LogP contribution in [0.4, 0.5) is 0 Å². The van der Waals surface area contributed by atoms with Gasteiger partial charge in [-0.3, -0.25) is 4.79 Å².